The van der Waals surface area contributed by atoms with E-state index < -0.39 is 10.8 Å². The molecule has 0 aliphatic rings. The van der Waals surface area contributed by atoms with Gasteiger partial charge in [0.25, 0.3) is 0 Å². The SMILES string of the molecule is COC(=O)[C@@H](Br)c1ccccc1C#N. The topological polar surface area (TPSA) is 50.1 Å². The number of hydrogen-bond donors (Lipinski definition) is 0. The van der Waals surface area contributed by atoms with Gasteiger partial charge in [0.2, 0.25) is 0 Å². The zero-order chi connectivity index (χ0) is 10.6. The lowest BCUT2D eigenvalue weighted by Gasteiger charge is -2.08. The normalized spacial score (nSPS) is 11.5. The number of alkyl halides is 1. The first-order valence-corrected chi connectivity index (χ1v) is 4.83. The van der Waals surface area contributed by atoms with Crippen molar-refractivity contribution in [1.82, 2.24) is 0 Å². The van der Waals surface area contributed by atoms with Crippen LogP contribution in [0.5, 0.6) is 0 Å². The van der Waals surface area contributed by atoms with Crippen LogP contribution in [-0.2, 0) is 9.53 Å². The lowest BCUT2D eigenvalue weighted by atomic mass is 10.1. The van der Waals surface area contributed by atoms with Crippen molar-refractivity contribution in [3.8, 4) is 6.07 Å². The second kappa shape index (κ2) is 4.77. The second-order valence-electron chi connectivity index (χ2n) is 2.58. The summed E-state index contributed by atoms with van der Waals surface area (Å²) in [5.74, 6) is -0.410. The summed E-state index contributed by atoms with van der Waals surface area (Å²) in [4.78, 5) is 10.6. The molecule has 4 heteroatoms. The number of rotatable bonds is 2. The minimum atomic E-state index is -0.580. The fraction of sp³-hybridized carbons (Fsp3) is 0.200. The average molecular weight is 254 g/mol. The van der Waals surface area contributed by atoms with E-state index in [4.69, 9.17) is 5.26 Å². The number of halogens is 1. The molecule has 14 heavy (non-hydrogen) atoms. The van der Waals surface area contributed by atoms with Crippen LogP contribution in [0.25, 0.3) is 0 Å². The number of ether oxygens (including phenoxy) is 1. The van der Waals surface area contributed by atoms with Gasteiger partial charge in [0.05, 0.1) is 18.7 Å². The van der Waals surface area contributed by atoms with Crippen LogP contribution in [0, 0.1) is 11.3 Å². The maximum Gasteiger partial charge on any atom is 0.324 e. The van der Waals surface area contributed by atoms with Gasteiger partial charge in [0.1, 0.15) is 4.83 Å². The van der Waals surface area contributed by atoms with E-state index in [9.17, 15) is 4.79 Å². The Kier molecular flexibility index (Phi) is 3.66. The summed E-state index contributed by atoms with van der Waals surface area (Å²) in [6.07, 6.45) is 0. The third kappa shape index (κ3) is 2.12. The maximum atomic E-state index is 11.2. The molecule has 0 amide bonds. The van der Waals surface area contributed by atoms with Gasteiger partial charge in [0.15, 0.2) is 0 Å². The summed E-state index contributed by atoms with van der Waals surface area (Å²) < 4.78 is 4.57. The lowest BCUT2D eigenvalue weighted by molar-refractivity contribution is -0.139. The van der Waals surface area contributed by atoms with Crippen LogP contribution < -0.4 is 0 Å². The second-order valence-corrected chi connectivity index (χ2v) is 3.50. The third-order valence-electron chi connectivity index (χ3n) is 1.76. The van der Waals surface area contributed by atoms with Crippen LogP contribution in [0.15, 0.2) is 24.3 Å². The van der Waals surface area contributed by atoms with E-state index in [1.807, 2.05) is 6.07 Å². The van der Waals surface area contributed by atoms with Gasteiger partial charge in [-0.05, 0) is 11.6 Å². The summed E-state index contributed by atoms with van der Waals surface area (Å²) in [5, 5.41) is 8.80. The molecule has 0 saturated heterocycles. The molecule has 0 saturated carbocycles. The molecule has 72 valence electrons. The summed E-state index contributed by atoms with van der Waals surface area (Å²) in [6.45, 7) is 0. The molecule has 0 aliphatic heterocycles. The molecule has 0 heterocycles. The molecule has 0 bridgehead atoms. The Morgan fingerprint density at radius 3 is 2.79 bits per heavy atom. The quantitative estimate of drug-likeness (QED) is 0.600. The zero-order valence-electron chi connectivity index (χ0n) is 7.53. The molecule has 1 rings (SSSR count). The standard InChI is InChI=1S/C10H8BrNO2/c1-14-10(13)9(11)8-5-3-2-4-7(8)6-12/h2-5,9H,1H3/t9-/m0/s1. The Morgan fingerprint density at radius 2 is 2.21 bits per heavy atom. The van der Waals surface area contributed by atoms with Crippen molar-refractivity contribution in [2.24, 2.45) is 0 Å². The molecule has 0 N–H and O–H groups in total. The number of esters is 1. The fourth-order valence-electron chi connectivity index (χ4n) is 1.05. The molecular formula is C10H8BrNO2. The number of benzene rings is 1. The van der Waals surface area contributed by atoms with Crippen LogP contribution in [0.4, 0.5) is 0 Å². The fourth-order valence-corrected chi connectivity index (χ4v) is 1.64. The van der Waals surface area contributed by atoms with Crippen LogP contribution in [0.1, 0.15) is 16.0 Å². The molecule has 0 spiro atoms. The van der Waals surface area contributed by atoms with Gasteiger partial charge in [-0.1, -0.05) is 34.1 Å². The molecule has 0 aliphatic carbocycles. The Labute approximate surface area is 90.4 Å². The van der Waals surface area contributed by atoms with Crippen molar-refractivity contribution in [1.29, 1.82) is 5.26 Å². The number of nitrogens with zero attached hydrogens (tertiary/aromatic N) is 1. The van der Waals surface area contributed by atoms with Gasteiger partial charge < -0.3 is 4.74 Å². The summed E-state index contributed by atoms with van der Waals surface area (Å²) in [7, 11) is 1.31. The van der Waals surface area contributed by atoms with Crippen LogP contribution in [0.3, 0.4) is 0 Å². The van der Waals surface area contributed by atoms with Crippen molar-refractivity contribution < 1.29 is 9.53 Å². The monoisotopic (exact) mass is 253 g/mol. The summed E-state index contributed by atoms with van der Waals surface area (Å²) >= 11 is 3.18. The Morgan fingerprint density at radius 1 is 1.57 bits per heavy atom. The van der Waals surface area contributed by atoms with E-state index in [0.29, 0.717) is 11.1 Å². The van der Waals surface area contributed by atoms with Crippen molar-refractivity contribution in [2.45, 2.75) is 4.83 Å². The van der Waals surface area contributed by atoms with Crippen LogP contribution in [-0.4, -0.2) is 13.1 Å². The predicted molar refractivity (Wildman–Crippen MR) is 54.8 cm³/mol. The van der Waals surface area contributed by atoms with E-state index in [2.05, 4.69) is 20.7 Å². The molecule has 1 aromatic rings. The number of hydrogen-bond acceptors (Lipinski definition) is 3. The van der Waals surface area contributed by atoms with E-state index in [0.717, 1.165) is 0 Å². The number of carbonyl (C=O) groups is 1. The van der Waals surface area contributed by atoms with Gasteiger partial charge in [-0.15, -0.1) is 0 Å². The van der Waals surface area contributed by atoms with Gasteiger partial charge >= 0.3 is 5.97 Å². The van der Waals surface area contributed by atoms with E-state index >= 15 is 0 Å². The largest absolute Gasteiger partial charge is 0.468 e. The number of nitriles is 1. The maximum absolute atomic E-state index is 11.2. The van der Waals surface area contributed by atoms with Crippen molar-refractivity contribution in [3.05, 3.63) is 35.4 Å². The molecule has 0 fully saturated rings. The van der Waals surface area contributed by atoms with Crippen LogP contribution >= 0.6 is 15.9 Å². The minimum Gasteiger partial charge on any atom is -0.468 e. The number of methoxy groups -OCH3 is 1. The highest BCUT2D eigenvalue weighted by Crippen LogP contribution is 2.26. The highest BCUT2D eigenvalue weighted by molar-refractivity contribution is 9.09. The van der Waals surface area contributed by atoms with Crippen LogP contribution in [0.2, 0.25) is 0 Å². The third-order valence-corrected chi connectivity index (χ3v) is 2.63. The van der Waals surface area contributed by atoms with Crippen molar-refractivity contribution in [3.63, 3.8) is 0 Å². The molecule has 0 radical (unpaired) electrons. The Hall–Kier alpha value is -1.34. The summed E-state index contributed by atoms with van der Waals surface area (Å²) in [6, 6.07) is 8.91. The minimum absolute atomic E-state index is 0.410. The van der Waals surface area contributed by atoms with Gasteiger partial charge in [0, 0.05) is 0 Å². The zero-order valence-corrected chi connectivity index (χ0v) is 9.11. The molecule has 1 aromatic carbocycles. The van der Waals surface area contributed by atoms with E-state index in [-0.39, 0.29) is 0 Å². The Bertz CT molecular complexity index is 384. The first-order chi connectivity index (χ1) is 6.70. The molecule has 3 nitrogen and oxygen atoms in total. The van der Waals surface area contributed by atoms with Gasteiger partial charge in [-0.25, -0.2) is 0 Å². The molecule has 0 aromatic heterocycles. The Balaban J connectivity index is 3.07. The highest BCUT2D eigenvalue weighted by atomic mass is 79.9. The molecular weight excluding hydrogens is 246 g/mol. The van der Waals surface area contributed by atoms with Gasteiger partial charge in [-0.3, -0.25) is 4.79 Å². The molecule has 0 unspecified atom stereocenters. The highest BCUT2D eigenvalue weighted by Gasteiger charge is 2.20. The lowest BCUT2D eigenvalue weighted by Crippen LogP contribution is -2.09. The first kappa shape index (κ1) is 10.7. The average Bonchev–Trinajstić information content (AvgIpc) is 2.26. The smallest absolute Gasteiger partial charge is 0.324 e. The van der Waals surface area contributed by atoms with Gasteiger partial charge in [-0.2, -0.15) is 5.26 Å². The summed E-state index contributed by atoms with van der Waals surface area (Å²) in [5.41, 5.74) is 1.10. The predicted octanol–water partition coefficient (Wildman–Crippen LogP) is 2.17. The van der Waals surface area contributed by atoms with Crippen molar-refractivity contribution >= 4 is 21.9 Å². The van der Waals surface area contributed by atoms with E-state index in [1.54, 1.807) is 24.3 Å². The number of carbonyl (C=O) groups excluding carboxylic acids is 1. The first-order valence-electron chi connectivity index (χ1n) is 3.91. The van der Waals surface area contributed by atoms with E-state index in [1.165, 1.54) is 7.11 Å². The molecule has 1 atom stereocenters. The van der Waals surface area contributed by atoms with Crippen molar-refractivity contribution in [2.75, 3.05) is 7.11 Å².